The van der Waals surface area contributed by atoms with Gasteiger partial charge in [0.15, 0.2) is 0 Å². The molecule has 1 aliphatic rings. The summed E-state index contributed by atoms with van der Waals surface area (Å²) in [6.07, 6.45) is 2.36. The molecule has 3 rings (SSSR count). The first-order chi connectivity index (χ1) is 10.1. The van der Waals surface area contributed by atoms with Gasteiger partial charge in [-0.05, 0) is 61.0 Å². The molecule has 1 fully saturated rings. The van der Waals surface area contributed by atoms with Gasteiger partial charge in [0.05, 0.1) is 6.54 Å². The van der Waals surface area contributed by atoms with Gasteiger partial charge >= 0.3 is 0 Å². The van der Waals surface area contributed by atoms with Crippen LogP contribution in [0.5, 0.6) is 0 Å². The number of hydrogen-bond acceptors (Lipinski definition) is 4. The van der Waals surface area contributed by atoms with Crippen LogP contribution in [-0.4, -0.2) is 23.1 Å². The van der Waals surface area contributed by atoms with Crippen molar-refractivity contribution in [1.82, 2.24) is 10.1 Å². The van der Waals surface area contributed by atoms with Gasteiger partial charge in [0, 0.05) is 15.2 Å². The van der Waals surface area contributed by atoms with Crippen molar-refractivity contribution in [2.45, 2.75) is 26.3 Å². The molecule has 112 valence electrons. The number of halogens is 1. The van der Waals surface area contributed by atoms with E-state index in [-0.39, 0.29) is 0 Å². The van der Waals surface area contributed by atoms with Gasteiger partial charge in [0.2, 0.25) is 5.69 Å². The summed E-state index contributed by atoms with van der Waals surface area (Å²) in [4.78, 5) is 2.83. The minimum Gasteiger partial charge on any atom is -0.359 e. The fourth-order valence-corrected chi connectivity index (χ4v) is 2.92. The predicted molar refractivity (Wildman–Crippen MR) is 82.3 cm³/mol. The Bertz CT molecular complexity index is 604. The fraction of sp³-hybridized carbons (Fsp3) is 0.467. The molecule has 6 heteroatoms. The highest BCUT2D eigenvalue weighted by atomic mass is 79.9. The fourth-order valence-electron chi connectivity index (χ4n) is 2.66. The summed E-state index contributed by atoms with van der Waals surface area (Å²) in [6.45, 7) is 4.90. The van der Waals surface area contributed by atoms with Gasteiger partial charge in [-0.1, -0.05) is 22.9 Å². The molecule has 0 radical (unpaired) electrons. The van der Waals surface area contributed by atoms with Crippen LogP contribution >= 0.6 is 15.9 Å². The largest absolute Gasteiger partial charge is 0.359 e. The molecule has 0 saturated carbocycles. The maximum Gasteiger partial charge on any atom is 0.252 e. The van der Waals surface area contributed by atoms with Crippen molar-refractivity contribution in [1.29, 1.82) is 0 Å². The Morgan fingerprint density at radius 1 is 1.33 bits per heavy atom. The highest BCUT2D eigenvalue weighted by molar-refractivity contribution is 9.10. The summed E-state index contributed by atoms with van der Waals surface area (Å²) in [5.41, 5.74) is 2.12. The highest BCUT2D eigenvalue weighted by Gasteiger charge is 2.25. The molecule has 5 nitrogen and oxygen atoms in total. The standard InChI is InChI=1S/C15H18BrN3O2/c1-11-6-8-18(9-7-11)10-14-15(17-21-19(14)20)12-2-4-13(16)5-3-12/h2-5,11H,6-10H2,1H3. The molecule has 21 heavy (non-hydrogen) atoms. The van der Waals surface area contributed by atoms with E-state index in [0.717, 1.165) is 29.0 Å². The second-order valence-electron chi connectivity index (χ2n) is 5.69. The van der Waals surface area contributed by atoms with Crippen LogP contribution in [0.1, 0.15) is 25.5 Å². The third-order valence-electron chi connectivity index (χ3n) is 4.07. The van der Waals surface area contributed by atoms with Gasteiger partial charge < -0.3 is 5.21 Å². The zero-order chi connectivity index (χ0) is 14.8. The molecule has 1 saturated heterocycles. The topological polar surface area (TPSA) is 56.2 Å². The quantitative estimate of drug-likeness (QED) is 0.797. The van der Waals surface area contributed by atoms with E-state index < -0.39 is 0 Å². The van der Waals surface area contributed by atoms with Crippen LogP contribution in [0.2, 0.25) is 0 Å². The van der Waals surface area contributed by atoms with Crippen LogP contribution in [0.15, 0.2) is 33.4 Å². The summed E-state index contributed by atoms with van der Waals surface area (Å²) < 4.78 is 5.81. The van der Waals surface area contributed by atoms with E-state index in [4.69, 9.17) is 4.63 Å². The molecule has 1 aromatic carbocycles. The van der Waals surface area contributed by atoms with Crippen LogP contribution in [0, 0.1) is 11.1 Å². The van der Waals surface area contributed by atoms with Crippen molar-refractivity contribution >= 4 is 15.9 Å². The average Bonchev–Trinajstić information content (AvgIpc) is 2.84. The Morgan fingerprint density at radius 2 is 2.00 bits per heavy atom. The summed E-state index contributed by atoms with van der Waals surface area (Å²) in [5.74, 6) is 0.772. The molecule has 0 amide bonds. The van der Waals surface area contributed by atoms with Crippen molar-refractivity contribution in [3.8, 4) is 11.3 Å². The number of hydrogen-bond donors (Lipinski definition) is 0. The van der Waals surface area contributed by atoms with Crippen molar-refractivity contribution < 1.29 is 9.53 Å². The third kappa shape index (κ3) is 3.27. The molecule has 1 aromatic heterocycles. The first-order valence-corrected chi connectivity index (χ1v) is 7.99. The van der Waals surface area contributed by atoms with Gasteiger partial charge in [0.1, 0.15) is 0 Å². The molecule has 2 aromatic rings. The van der Waals surface area contributed by atoms with E-state index in [0.29, 0.717) is 22.8 Å². The second kappa shape index (κ2) is 6.15. The van der Waals surface area contributed by atoms with Crippen LogP contribution < -0.4 is 4.90 Å². The lowest BCUT2D eigenvalue weighted by Gasteiger charge is -2.29. The highest BCUT2D eigenvalue weighted by Crippen LogP contribution is 2.24. The Morgan fingerprint density at radius 3 is 2.67 bits per heavy atom. The number of likely N-dealkylation sites (tertiary alicyclic amines) is 1. The molecule has 0 aliphatic carbocycles. The average molecular weight is 352 g/mol. The molecule has 0 bridgehead atoms. The molecular weight excluding hydrogens is 334 g/mol. The normalized spacial score (nSPS) is 17.2. The summed E-state index contributed by atoms with van der Waals surface area (Å²) in [6, 6.07) is 7.74. The van der Waals surface area contributed by atoms with E-state index in [9.17, 15) is 5.21 Å². The van der Waals surface area contributed by atoms with Crippen LogP contribution in [0.3, 0.4) is 0 Å². The molecular formula is C15H18BrN3O2. The van der Waals surface area contributed by atoms with E-state index >= 15 is 0 Å². The van der Waals surface area contributed by atoms with Crippen LogP contribution in [-0.2, 0) is 6.54 Å². The smallest absolute Gasteiger partial charge is 0.252 e. The monoisotopic (exact) mass is 351 g/mol. The number of rotatable bonds is 3. The molecule has 0 atom stereocenters. The van der Waals surface area contributed by atoms with Gasteiger partial charge in [-0.2, -0.15) is 0 Å². The van der Waals surface area contributed by atoms with Gasteiger partial charge in [-0.15, -0.1) is 0 Å². The van der Waals surface area contributed by atoms with Crippen LogP contribution in [0.25, 0.3) is 11.3 Å². The second-order valence-corrected chi connectivity index (χ2v) is 6.61. The zero-order valence-corrected chi connectivity index (χ0v) is 13.5. The number of piperidine rings is 1. The maximum absolute atomic E-state index is 11.9. The molecule has 2 heterocycles. The van der Waals surface area contributed by atoms with E-state index in [1.165, 1.54) is 12.8 Å². The third-order valence-corrected chi connectivity index (χ3v) is 4.60. The lowest BCUT2D eigenvalue weighted by Crippen LogP contribution is -2.37. The first-order valence-electron chi connectivity index (χ1n) is 7.20. The van der Waals surface area contributed by atoms with Crippen molar-refractivity contribution in [2.75, 3.05) is 13.1 Å². The maximum atomic E-state index is 11.9. The minimum absolute atomic E-state index is 0.537. The van der Waals surface area contributed by atoms with Crippen molar-refractivity contribution in [3.63, 3.8) is 0 Å². The van der Waals surface area contributed by atoms with E-state index in [2.05, 4.69) is 32.9 Å². The SMILES string of the molecule is CC1CCN(Cc2c(-c3ccc(Br)cc3)no[n+]2[O-])CC1. The lowest BCUT2D eigenvalue weighted by atomic mass is 9.99. The number of benzene rings is 1. The summed E-state index contributed by atoms with van der Waals surface area (Å²) in [7, 11) is 0. The summed E-state index contributed by atoms with van der Waals surface area (Å²) in [5, 5.41) is 15.8. The van der Waals surface area contributed by atoms with Gasteiger partial charge in [-0.25, -0.2) is 0 Å². The number of nitrogens with zero attached hydrogens (tertiary/aromatic N) is 3. The number of aromatic nitrogens is 2. The van der Waals surface area contributed by atoms with Gasteiger partial charge in [-0.3, -0.25) is 9.53 Å². The Labute approximate surface area is 132 Å². The van der Waals surface area contributed by atoms with E-state index in [1.54, 1.807) is 0 Å². The predicted octanol–water partition coefficient (Wildman–Crippen LogP) is 2.97. The van der Waals surface area contributed by atoms with Crippen molar-refractivity contribution in [2.24, 2.45) is 5.92 Å². The van der Waals surface area contributed by atoms with E-state index in [1.807, 2.05) is 24.3 Å². The van der Waals surface area contributed by atoms with Gasteiger partial charge in [0.25, 0.3) is 5.69 Å². The zero-order valence-electron chi connectivity index (χ0n) is 12.0. The Hall–Kier alpha value is -1.40. The minimum atomic E-state index is 0.537. The first kappa shape index (κ1) is 14.5. The molecule has 1 aliphatic heterocycles. The Balaban J connectivity index is 1.82. The van der Waals surface area contributed by atoms with Crippen molar-refractivity contribution in [3.05, 3.63) is 39.6 Å². The molecule has 0 spiro atoms. The van der Waals surface area contributed by atoms with Crippen LogP contribution in [0.4, 0.5) is 0 Å². The molecule has 0 unspecified atom stereocenters. The Kier molecular flexibility index (Phi) is 4.26. The summed E-state index contributed by atoms with van der Waals surface area (Å²) >= 11 is 3.41. The molecule has 0 N–H and O–H groups in total. The lowest BCUT2D eigenvalue weighted by molar-refractivity contribution is -0.808.